The Labute approximate surface area is 153 Å². The van der Waals surface area contributed by atoms with Crippen LogP contribution in [0.4, 0.5) is 11.7 Å². The molecule has 0 unspecified atom stereocenters. The van der Waals surface area contributed by atoms with Crippen molar-refractivity contribution < 1.29 is 16.5 Å². The van der Waals surface area contributed by atoms with E-state index < -0.39 is 14.3 Å². The molecule has 1 N–H and O–H groups in total. The van der Waals surface area contributed by atoms with E-state index in [0.29, 0.717) is 29.5 Å². The van der Waals surface area contributed by atoms with Crippen LogP contribution in [0.5, 0.6) is 0 Å². The second-order valence-electron chi connectivity index (χ2n) is 7.02. The Morgan fingerprint density at radius 2 is 1.81 bits per heavy atom. The number of benzene rings is 1. The fourth-order valence-electron chi connectivity index (χ4n) is 2.64. The van der Waals surface area contributed by atoms with Gasteiger partial charge in [0.2, 0.25) is 0 Å². The third-order valence-electron chi connectivity index (χ3n) is 3.95. The van der Waals surface area contributed by atoms with Gasteiger partial charge in [0.15, 0.2) is 4.96 Å². The van der Waals surface area contributed by atoms with Crippen LogP contribution in [-0.2, 0) is 6.54 Å². The minimum absolute atomic E-state index is 0.143. The van der Waals surface area contributed by atoms with Gasteiger partial charge in [0.05, 0.1) is 15.1 Å². The van der Waals surface area contributed by atoms with Crippen molar-refractivity contribution in [3.8, 4) is 0 Å². The summed E-state index contributed by atoms with van der Waals surface area (Å²) in [4.78, 5) is 18.0. The number of hydrogen-bond donors (Lipinski definition) is 1. The summed E-state index contributed by atoms with van der Waals surface area (Å²) in [5, 5.41) is 2.75. The molecule has 0 radical (unpaired) electrons. The van der Waals surface area contributed by atoms with Crippen LogP contribution in [0, 0.1) is 13.8 Å². The highest BCUT2D eigenvalue weighted by Gasteiger charge is 2.53. The monoisotopic (exact) mass is 403 g/mol. The van der Waals surface area contributed by atoms with Gasteiger partial charge in [0.1, 0.15) is 5.69 Å². The maximum absolute atomic E-state index is 14.0. The van der Waals surface area contributed by atoms with E-state index in [-0.39, 0.29) is 12.5 Å². The number of aryl methyl sites for hydroxylation is 2. The molecule has 1 amide bonds. The van der Waals surface area contributed by atoms with Gasteiger partial charge in [-0.3, -0.25) is 9.20 Å². The van der Waals surface area contributed by atoms with Crippen LogP contribution < -0.4 is 5.32 Å². The summed E-state index contributed by atoms with van der Waals surface area (Å²) in [5.41, 5.74) is 1.67. The van der Waals surface area contributed by atoms with E-state index in [2.05, 4.69) is 10.3 Å². The van der Waals surface area contributed by atoms with Crippen molar-refractivity contribution in [2.24, 2.45) is 0 Å². The molecule has 0 bridgehead atoms. The lowest BCUT2D eigenvalue weighted by molar-refractivity contribution is 0.0944. The van der Waals surface area contributed by atoms with E-state index in [1.807, 2.05) is 13.1 Å². The quantitative estimate of drug-likeness (QED) is 0.659. The summed E-state index contributed by atoms with van der Waals surface area (Å²) < 4.78 is 43.8. The molecule has 1 aromatic carbocycles. The Morgan fingerprint density at radius 1 is 1.19 bits per heavy atom. The summed E-state index contributed by atoms with van der Waals surface area (Å²) >= 11 is 1.49. The summed E-state index contributed by atoms with van der Waals surface area (Å²) in [6.45, 7) is 3.83. The molecule has 0 fully saturated rings. The Balaban J connectivity index is 1.77. The Morgan fingerprint density at radius 3 is 2.38 bits per heavy atom. The smallest absolute Gasteiger partial charge is 0.270 e. The summed E-state index contributed by atoms with van der Waals surface area (Å²) in [5.74, 6) is -0.306. The van der Waals surface area contributed by atoms with Gasteiger partial charge in [-0.2, -0.15) is 0 Å². The first-order chi connectivity index (χ1) is 11.7. The molecular formula is C17H20F3N3OS2. The van der Waals surface area contributed by atoms with Crippen LogP contribution in [0.2, 0.25) is 0 Å². The van der Waals surface area contributed by atoms with Gasteiger partial charge >= 0.3 is 0 Å². The van der Waals surface area contributed by atoms with Crippen molar-refractivity contribution in [1.82, 2.24) is 14.7 Å². The molecule has 2 aromatic heterocycles. The molecule has 0 aliphatic heterocycles. The number of carbonyl (C=O) groups excluding carboxylic acids is 1. The number of imidazole rings is 1. The van der Waals surface area contributed by atoms with Gasteiger partial charge in [-0.25, -0.2) is 4.98 Å². The average molecular weight is 403 g/mol. The predicted molar refractivity (Wildman–Crippen MR) is 101 cm³/mol. The zero-order valence-electron chi connectivity index (χ0n) is 14.8. The number of thiazole rings is 1. The van der Waals surface area contributed by atoms with Crippen molar-refractivity contribution >= 4 is 31.7 Å². The van der Waals surface area contributed by atoms with Crippen LogP contribution in [0.1, 0.15) is 26.6 Å². The molecule has 142 valence electrons. The third kappa shape index (κ3) is 3.73. The molecule has 9 heteroatoms. The van der Waals surface area contributed by atoms with Gasteiger partial charge in [0, 0.05) is 35.0 Å². The van der Waals surface area contributed by atoms with Gasteiger partial charge in [-0.1, -0.05) is 12.1 Å². The molecule has 0 saturated carbocycles. The summed E-state index contributed by atoms with van der Waals surface area (Å²) in [6, 6.07) is 4.95. The van der Waals surface area contributed by atoms with Crippen LogP contribution in [-0.4, -0.2) is 27.8 Å². The minimum Gasteiger partial charge on any atom is -0.347 e. The highest BCUT2D eigenvalue weighted by Crippen LogP contribution is 2.94. The molecule has 0 aliphatic rings. The number of hydrogen-bond acceptors (Lipinski definition) is 3. The Hall–Kier alpha value is -2.00. The molecular weight excluding hydrogens is 383 g/mol. The first kappa shape index (κ1) is 18.8. The lowest BCUT2D eigenvalue weighted by atomic mass is 10.2. The molecule has 0 saturated heterocycles. The van der Waals surface area contributed by atoms with Gasteiger partial charge in [-0.15, -0.1) is 23.0 Å². The number of fused-ring (bicyclic) bond motifs is 1. The number of nitrogens with zero attached hydrogens (tertiary/aromatic N) is 2. The van der Waals surface area contributed by atoms with Gasteiger partial charge in [0.25, 0.3) is 5.91 Å². The topological polar surface area (TPSA) is 46.4 Å². The largest absolute Gasteiger partial charge is 0.347 e. The average Bonchev–Trinajstić information content (AvgIpc) is 2.97. The molecule has 3 aromatic rings. The van der Waals surface area contributed by atoms with Gasteiger partial charge < -0.3 is 5.32 Å². The first-order valence-corrected chi connectivity index (χ1v) is 11.6. The Bertz CT molecular complexity index is 1000. The number of halogens is 3. The SMILES string of the molecule is Cc1cn2c(C(=O)NCc3ccc(S(C)(C)(F)(F)F)cc3)c(C)nc2s1. The molecule has 3 rings (SSSR count). The Kier molecular flexibility index (Phi) is 3.80. The molecule has 0 atom stereocenters. The van der Waals surface area contributed by atoms with E-state index in [1.165, 1.54) is 23.5 Å². The van der Waals surface area contributed by atoms with Gasteiger partial charge in [-0.05, 0) is 31.5 Å². The molecule has 2 heterocycles. The predicted octanol–water partition coefficient (Wildman–Crippen LogP) is 5.09. The van der Waals surface area contributed by atoms with Crippen LogP contribution in [0.25, 0.3) is 4.96 Å². The van der Waals surface area contributed by atoms with E-state index in [9.17, 15) is 16.5 Å². The lowest BCUT2D eigenvalue weighted by Gasteiger charge is -2.51. The molecule has 26 heavy (non-hydrogen) atoms. The first-order valence-electron chi connectivity index (χ1n) is 7.82. The molecule has 0 spiro atoms. The summed E-state index contributed by atoms with van der Waals surface area (Å²) in [6.07, 6.45) is 2.55. The highest BCUT2D eigenvalue weighted by molar-refractivity contribution is 8.52. The highest BCUT2D eigenvalue weighted by atomic mass is 32.4. The van der Waals surface area contributed by atoms with Crippen molar-refractivity contribution in [3.63, 3.8) is 0 Å². The fourth-order valence-corrected chi connectivity index (χ4v) is 4.50. The van der Waals surface area contributed by atoms with Crippen LogP contribution in [0.15, 0.2) is 35.4 Å². The maximum atomic E-state index is 14.0. The second-order valence-corrected chi connectivity index (χ2v) is 13.0. The van der Waals surface area contributed by atoms with E-state index >= 15 is 0 Å². The number of aromatic nitrogens is 2. The van der Waals surface area contributed by atoms with Crippen LogP contribution >= 0.6 is 20.8 Å². The normalized spacial score (nSPS) is 14.9. The fraction of sp³-hybridized carbons (Fsp3) is 0.294. The van der Waals surface area contributed by atoms with Crippen molar-refractivity contribution in [3.05, 3.63) is 52.3 Å². The second kappa shape index (κ2) is 5.26. The van der Waals surface area contributed by atoms with E-state index in [0.717, 1.165) is 22.0 Å². The van der Waals surface area contributed by atoms with Crippen molar-refractivity contribution in [1.29, 1.82) is 0 Å². The van der Waals surface area contributed by atoms with Crippen molar-refractivity contribution in [2.75, 3.05) is 12.5 Å². The van der Waals surface area contributed by atoms with Crippen molar-refractivity contribution in [2.45, 2.75) is 25.3 Å². The van der Waals surface area contributed by atoms with E-state index in [4.69, 9.17) is 0 Å². The maximum Gasteiger partial charge on any atom is 0.270 e. The molecule has 4 nitrogen and oxygen atoms in total. The third-order valence-corrected chi connectivity index (χ3v) is 6.59. The molecule has 0 aliphatic carbocycles. The number of amides is 1. The lowest BCUT2D eigenvalue weighted by Crippen LogP contribution is -2.25. The minimum atomic E-state index is -6.68. The standard InChI is InChI=1S/C17H20F3N3OS2/c1-11-10-23-15(12(2)22-17(23)25-11)16(24)21-9-13-5-7-14(8-6-13)26(3,4,18,19)20/h5-8,10H,9H2,1-4H3,(H,21,24). The zero-order valence-corrected chi connectivity index (χ0v) is 16.5. The summed E-state index contributed by atoms with van der Waals surface area (Å²) in [7, 11) is -6.68. The van der Waals surface area contributed by atoms with Crippen LogP contribution in [0.3, 0.4) is 0 Å². The number of nitrogens with one attached hydrogen (secondary N) is 1. The van der Waals surface area contributed by atoms with E-state index in [1.54, 1.807) is 11.3 Å². The number of carbonyl (C=O) groups is 1. The zero-order chi connectivity index (χ0) is 19.4. The number of rotatable bonds is 4.